The van der Waals surface area contributed by atoms with Gasteiger partial charge >= 0.3 is 0 Å². The summed E-state index contributed by atoms with van der Waals surface area (Å²) in [5, 5.41) is 8.64. The Morgan fingerprint density at radius 3 is 2.40 bits per heavy atom. The molecule has 2 rings (SSSR count). The van der Waals surface area contributed by atoms with Crippen LogP contribution in [0, 0.1) is 0 Å². The van der Waals surface area contributed by atoms with Crippen molar-refractivity contribution in [2.45, 2.75) is 38.3 Å². The molecule has 0 saturated carbocycles. The summed E-state index contributed by atoms with van der Waals surface area (Å²) in [6.45, 7) is 2.99. The van der Waals surface area contributed by atoms with Crippen LogP contribution in [0.4, 0.5) is 0 Å². The minimum absolute atomic E-state index is 0. The van der Waals surface area contributed by atoms with Gasteiger partial charge in [0.05, 0.1) is 12.1 Å². The number of carbonyl (C=O) groups excluding carboxylic acids is 3. The third-order valence-corrected chi connectivity index (χ3v) is 4.21. The highest BCUT2D eigenvalue weighted by Gasteiger charge is 2.33. The molecule has 25 heavy (non-hydrogen) atoms. The highest BCUT2D eigenvalue weighted by molar-refractivity contribution is 5.96. The molecule has 138 valence electrons. The van der Waals surface area contributed by atoms with Crippen molar-refractivity contribution in [2.24, 2.45) is 5.73 Å². The van der Waals surface area contributed by atoms with Crippen LogP contribution < -0.4 is 21.7 Å². The summed E-state index contributed by atoms with van der Waals surface area (Å²) in [5.74, 6) is -0.957. The Balaban J connectivity index is 0.00000312. The van der Waals surface area contributed by atoms with Gasteiger partial charge < -0.3 is 21.7 Å². The molecule has 0 aromatic heterocycles. The number of rotatable bonds is 6. The van der Waals surface area contributed by atoms with Crippen molar-refractivity contribution in [1.29, 1.82) is 0 Å². The summed E-state index contributed by atoms with van der Waals surface area (Å²) in [7, 11) is 0. The van der Waals surface area contributed by atoms with Crippen LogP contribution in [0.1, 0.15) is 42.1 Å². The summed E-state index contributed by atoms with van der Waals surface area (Å²) in [4.78, 5) is 34.8. The van der Waals surface area contributed by atoms with Crippen molar-refractivity contribution in [3.8, 4) is 0 Å². The Morgan fingerprint density at radius 1 is 1.16 bits per heavy atom. The maximum absolute atomic E-state index is 12.3. The second-order valence-electron chi connectivity index (χ2n) is 6.24. The monoisotopic (exact) mass is 368 g/mol. The molecule has 1 fully saturated rings. The molecule has 1 aromatic carbocycles. The summed E-state index contributed by atoms with van der Waals surface area (Å²) >= 11 is 0. The van der Waals surface area contributed by atoms with Gasteiger partial charge in [0, 0.05) is 12.1 Å². The van der Waals surface area contributed by atoms with Crippen LogP contribution in [0.25, 0.3) is 0 Å². The SMILES string of the molecule is CC1(C(=O)NCc2ccc(C(=O)NCC(N)=O)cc2)CCCCN1.Cl. The van der Waals surface area contributed by atoms with Crippen LogP contribution in [0.5, 0.6) is 0 Å². The smallest absolute Gasteiger partial charge is 0.251 e. The molecule has 0 spiro atoms. The normalized spacial score (nSPS) is 19.4. The number of primary amides is 1. The largest absolute Gasteiger partial charge is 0.368 e. The average molecular weight is 369 g/mol. The number of halogens is 1. The van der Waals surface area contributed by atoms with Crippen molar-refractivity contribution < 1.29 is 14.4 Å². The first kappa shape index (κ1) is 20.9. The number of hydrogen-bond donors (Lipinski definition) is 4. The first-order chi connectivity index (χ1) is 11.4. The molecule has 3 amide bonds. The molecule has 5 N–H and O–H groups in total. The summed E-state index contributed by atoms with van der Waals surface area (Å²) in [5.41, 5.74) is 5.81. The van der Waals surface area contributed by atoms with Gasteiger partial charge in [-0.05, 0) is 50.4 Å². The van der Waals surface area contributed by atoms with E-state index in [1.165, 1.54) is 0 Å². The minimum atomic E-state index is -0.590. The maximum atomic E-state index is 12.3. The minimum Gasteiger partial charge on any atom is -0.368 e. The standard InChI is InChI=1S/C17H24N4O3.ClH/c1-17(8-2-3-9-21-17)16(24)20-10-12-4-6-13(7-5-12)15(23)19-11-14(18)22;/h4-7,21H,2-3,8-11H2,1H3,(H2,18,22)(H,19,23)(H,20,24);1H. The second-order valence-corrected chi connectivity index (χ2v) is 6.24. The van der Waals surface area contributed by atoms with Crippen LogP contribution in [0.15, 0.2) is 24.3 Å². The summed E-state index contributed by atoms with van der Waals surface area (Å²) in [6, 6.07) is 6.85. The van der Waals surface area contributed by atoms with E-state index >= 15 is 0 Å². The topological polar surface area (TPSA) is 113 Å². The van der Waals surface area contributed by atoms with Gasteiger partial charge in [-0.1, -0.05) is 12.1 Å². The van der Waals surface area contributed by atoms with Gasteiger partial charge in [0.2, 0.25) is 11.8 Å². The first-order valence-electron chi connectivity index (χ1n) is 8.09. The molecule has 1 aliphatic heterocycles. The predicted octanol–water partition coefficient (Wildman–Crippen LogP) is 0.472. The average Bonchev–Trinajstić information content (AvgIpc) is 2.58. The molecule has 1 heterocycles. The molecular formula is C17H25ClN4O3. The number of nitrogens with one attached hydrogen (secondary N) is 3. The van der Waals surface area contributed by atoms with Crippen molar-refractivity contribution >= 4 is 30.1 Å². The lowest BCUT2D eigenvalue weighted by Crippen LogP contribution is -2.56. The number of carbonyl (C=O) groups is 3. The third-order valence-electron chi connectivity index (χ3n) is 4.21. The predicted molar refractivity (Wildman–Crippen MR) is 97.3 cm³/mol. The third kappa shape index (κ3) is 6.03. The van der Waals surface area contributed by atoms with Crippen LogP contribution in [-0.4, -0.2) is 36.3 Å². The van der Waals surface area contributed by atoms with Gasteiger partial charge in [0.1, 0.15) is 0 Å². The molecule has 1 aromatic rings. The first-order valence-corrected chi connectivity index (χ1v) is 8.09. The lowest BCUT2D eigenvalue weighted by Gasteiger charge is -2.33. The molecule has 8 heteroatoms. The van der Waals surface area contributed by atoms with E-state index in [-0.39, 0.29) is 30.8 Å². The zero-order valence-electron chi connectivity index (χ0n) is 14.3. The number of amides is 3. The Labute approximate surface area is 153 Å². The molecule has 1 saturated heterocycles. The second kappa shape index (κ2) is 9.39. The Hall–Kier alpha value is -2.12. The van der Waals surface area contributed by atoms with E-state index in [0.29, 0.717) is 12.1 Å². The Kier molecular flexibility index (Phi) is 7.86. The maximum Gasteiger partial charge on any atom is 0.251 e. The fourth-order valence-corrected chi connectivity index (χ4v) is 2.67. The molecular weight excluding hydrogens is 344 g/mol. The van der Waals surface area contributed by atoms with Crippen LogP contribution in [0.2, 0.25) is 0 Å². The van der Waals surface area contributed by atoms with Crippen LogP contribution in [-0.2, 0) is 16.1 Å². The van der Waals surface area contributed by atoms with E-state index < -0.39 is 11.4 Å². The molecule has 1 atom stereocenters. The van der Waals surface area contributed by atoms with Crippen molar-refractivity contribution in [2.75, 3.05) is 13.1 Å². The molecule has 0 aliphatic carbocycles. The number of nitrogens with two attached hydrogens (primary N) is 1. The molecule has 0 radical (unpaired) electrons. The van der Waals surface area contributed by atoms with E-state index in [1.807, 2.05) is 6.92 Å². The number of hydrogen-bond acceptors (Lipinski definition) is 4. The Bertz CT molecular complexity index is 613. The van der Waals surface area contributed by atoms with Gasteiger partial charge in [0.25, 0.3) is 5.91 Å². The van der Waals surface area contributed by atoms with E-state index in [0.717, 1.165) is 31.4 Å². The fourth-order valence-electron chi connectivity index (χ4n) is 2.67. The van der Waals surface area contributed by atoms with Crippen LogP contribution in [0.3, 0.4) is 0 Å². The van der Waals surface area contributed by atoms with Crippen molar-refractivity contribution in [3.05, 3.63) is 35.4 Å². The zero-order valence-corrected chi connectivity index (χ0v) is 15.1. The molecule has 0 bridgehead atoms. The van der Waals surface area contributed by atoms with Gasteiger partial charge in [-0.15, -0.1) is 12.4 Å². The summed E-state index contributed by atoms with van der Waals surface area (Å²) in [6.07, 6.45) is 2.98. The van der Waals surface area contributed by atoms with Crippen LogP contribution >= 0.6 is 12.4 Å². The molecule has 7 nitrogen and oxygen atoms in total. The Morgan fingerprint density at radius 2 is 1.84 bits per heavy atom. The molecule has 1 aliphatic rings. The van der Waals surface area contributed by atoms with Gasteiger partial charge in [-0.25, -0.2) is 0 Å². The lowest BCUT2D eigenvalue weighted by atomic mass is 9.90. The van der Waals surface area contributed by atoms with E-state index in [4.69, 9.17) is 5.73 Å². The fraction of sp³-hybridized carbons (Fsp3) is 0.471. The van der Waals surface area contributed by atoms with Gasteiger partial charge in [-0.2, -0.15) is 0 Å². The summed E-state index contributed by atoms with van der Waals surface area (Å²) < 4.78 is 0. The van der Waals surface area contributed by atoms with E-state index in [1.54, 1.807) is 24.3 Å². The zero-order chi connectivity index (χ0) is 17.6. The number of piperidine rings is 1. The number of benzene rings is 1. The molecule has 1 unspecified atom stereocenters. The lowest BCUT2D eigenvalue weighted by molar-refractivity contribution is -0.128. The van der Waals surface area contributed by atoms with Gasteiger partial charge in [0.15, 0.2) is 0 Å². The van der Waals surface area contributed by atoms with E-state index in [9.17, 15) is 14.4 Å². The van der Waals surface area contributed by atoms with Gasteiger partial charge in [-0.3, -0.25) is 14.4 Å². The highest BCUT2D eigenvalue weighted by Crippen LogP contribution is 2.18. The van der Waals surface area contributed by atoms with Crippen molar-refractivity contribution in [3.63, 3.8) is 0 Å². The van der Waals surface area contributed by atoms with Crippen molar-refractivity contribution in [1.82, 2.24) is 16.0 Å². The highest BCUT2D eigenvalue weighted by atomic mass is 35.5. The van der Waals surface area contributed by atoms with E-state index in [2.05, 4.69) is 16.0 Å². The quantitative estimate of drug-likeness (QED) is 0.584.